The highest BCUT2D eigenvalue weighted by molar-refractivity contribution is 5.94. The van der Waals surface area contributed by atoms with E-state index in [4.69, 9.17) is 0 Å². The first-order valence-electron chi connectivity index (χ1n) is 6.56. The molecule has 2 unspecified atom stereocenters. The van der Waals surface area contributed by atoms with E-state index in [0.717, 1.165) is 31.4 Å². The summed E-state index contributed by atoms with van der Waals surface area (Å²) in [4.78, 5) is 11.8. The van der Waals surface area contributed by atoms with Crippen molar-refractivity contribution in [3.05, 3.63) is 35.4 Å². The van der Waals surface area contributed by atoms with Gasteiger partial charge < -0.3 is 10.6 Å². The SMILES string of the molecule is CC1CCCC(CNC(=O)c2c(F)cccc2F)N1. The van der Waals surface area contributed by atoms with Crippen molar-refractivity contribution in [1.29, 1.82) is 0 Å². The molecule has 5 heteroatoms. The number of piperidine rings is 1. The van der Waals surface area contributed by atoms with Crippen LogP contribution in [0.25, 0.3) is 0 Å². The molecule has 1 aliphatic rings. The molecular weight excluding hydrogens is 250 g/mol. The predicted molar refractivity (Wildman–Crippen MR) is 68.9 cm³/mol. The van der Waals surface area contributed by atoms with Crippen molar-refractivity contribution in [3.63, 3.8) is 0 Å². The summed E-state index contributed by atoms with van der Waals surface area (Å²) in [6, 6.07) is 3.99. The number of hydrogen-bond donors (Lipinski definition) is 2. The van der Waals surface area contributed by atoms with Gasteiger partial charge in [-0.15, -0.1) is 0 Å². The third-order valence-electron chi connectivity index (χ3n) is 3.41. The number of nitrogens with one attached hydrogen (secondary N) is 2. The molecule has 1 aliphatic heterocycles. The molecule has 0 aliphatic carbocycles. The number of carbonyl (C=O) groups excluding carboxylic acids is 1. The highest BCUT2D eigenvalue weighted by atomic mass is 19.1. The van der Waals surface area contributed by atoms with Crippen molar-refractivity contribution in [2.45, 2.75) is 38.3 Å². The van der Waals surface area contributed by atoms with Gasteiger partial charge in [0.05, 0.1) is 0 Å². The molecule has 1 heterocycles. The topological polar surface area (TPSA) is 41.1 Å². The van der Waals surface area contributed by atoms with E-state index in [1.807, 2.05) is 0 Å². The number of carbonyl (C=O) groups is 1. The largest absolute Gasteiger partial charge is 0.350 e. The minimum atomic E-state index is -0.831. The summed E-state index contributed by atoms with van der Waals surface area (Å²) in [5.41, 5.74) is -0.508. The summed E-state index contributed by atoms with van der Waals surface area (Å²) in [7, 11) is 0. The van der Waals surface area contributed by atoms with Gasteiger partial charge in [-0.3, -0.25) is 4.79 Å². The third-order valence-corrected chi connectivity index (χ3v) is 3.41. The van der Waals surface area contributed by atoms with Crippen molar-refractivity contribution in [2.24, 2.45) is 0 Å². The summed E-state index contributed by atoms with van der Waals surface area (Å²) in [5.74, 6) is -2.36. The van der Waals surface area contributed by atoms with Gasteiger partial charge in [0.2, 0.25) is 0 Å². The molecule has 3 nitrogen and oxygen atoms in total. The van der Waals surface area contributed by atoms with Crippen molar-refractivity contribution >= 4 is 5.91 Å². The summed E-state index contributed by atoms with van der Waals surface area (Å²) in [6.45, 7) is 2.47. The van der Waals surface area contributed by atoms with Crippen LogP contribution in [-0.2, 0) is 0 Å². The molecule has 1 fully saturated rings. The van der Waals surface area contributed by atoms with Crippen LogP contribution < -0.4 is 10.6 Å². The van der Waals surface area contributed by atoms with E-state index >= 15 is 0 Å². The maximum atomic E-state index is 13.4. The zero-order valence-corrected chi connectivity index (χ0v) is 10.9. The molecule has 0 bridgehead atoms. The highest BCUT2D eigenvalue weighted by Gasteiger charge is 2.21. The number of hydrogen-bond acceptors (Lipinski definition) is 2. The Morgan fingerprint density at radius 3 is 2.68 bits per heavy atom. The number of halogens is 2. The van der Waals surface area contributed by atoms with Crippen LogP contribution in [0.5, 0.6) is 0 Å². The van der Waals surface area contributed by atoms with E-state index in [2.05, 4.69) is 17.6 Å². The van der Waals surface area contributed by atoms with Crippen molar-refractivity contribution in [3.8, 4) is 0 Å². The standard InChI is InChI=1S/C14H18F2N2O/c1-9-4-2-5-10(18-9)8-17-14(19)13-11(15)6-3-7-12(13)16/h3,6-7,9-10,18H,2,4-5,8H2,1H3,(H,17,19). The summed E-state index contributed by atoms with van der Waals surface area (Å²) >= 11 is 0. The van der Waals surface area contributed by atoms with Gasteiger partial charge in [0, 0.05) is 18.6 Å². The molecule has 0 spiro atoms. The first-order valence-corrected chi connectivity index (χ1v) is 6.56. The average Bonchev–Trinajstić information content (AvgIpc) is 2.36. The lowest BCUT2D eigenvalue weighted by atomic mass is 9.99. The predicted octanol–water partition coefficient (Wildman–Crippen LogP) is 2.23. The maximum Gasteiger partial charge on any atom is 0.257 e. The smallest absolute Gasteiger partial charge is 0.257 e. The monoisotopic (exact) mass is 268 g/mol. The molecule has 19 heavy (non-hydrogen) atoms. The fourth-order valence-corrected chi connectivity index (χ4v) is 2.42. The van der Waals surface area contributed by atoms with Gasteiger partial charge in [0.15, 0.2) is 0 Å². The Morgan fingerprint density at radius 2 is 2.05 bits per heavy atom. The molecule has 0 radical (unpaired) electrons. The Labute approximate surface area is 111 Å². The lowest BCUT2D eigenvalue weighted by Crippen LogP contribution is -2.47. The van der Waals surface area contributed by atoms with E-state index < -0.39 is 23.1 Å². The Balaban J connectivity index is 1.94. The molecule has 2 rings (SSSR count). The molecular formula is C14H18F2N2O. The molecule has 0 saturated carbocycles. The molecule has 1 aromatic carbocycles. The number of rotatable bonds is 3. The molecule has 104 valence electrons. The minimum Gasteiger partial charge on any atom is -0.350 e. The second kappa shape index (κ2) is 6.10. The Kier molecular flexibility index (Phi) is 4.47. The van der Waals surface area contributed by atoms with Crippen molar-refractivity contribution < 1.29 is 13.6 Å². The van der Waals surface area contributed by atoms with Gasteiger partial charge in [-0.2, -0.15) is 0 Å². The zero-order valence-electron chi connectivity index (χ0n) is 10.9. The van der Waals surface area contributed by atoms with Gasteiger partial charge >= 0.3 is 0 Å². The second-order valence-corrected chi connectivity index (χ2v) is 5.00. The second-order valence-electron chi connectivity index (χ2n) is 5.00. The number of amides is 1. The van der Waals surface area contributed by atoms with Gasteiger partial charge in [-0.05, 0) is 31.9 Å². The van der Waals surface area contributed by atoms with Gasteiger partial charge in [0.25, 0.3) is 5.91 Å². The van der Waals surface area contributed by atoms with Crippen molar-refractivity contribution in [1.82, 2.24) is 10.6 Å². The minimum absolute atomic E-state index is 0.169. The van der Waals surface area contributed by atoms with Crippen LogP contribution in [0.15, 0.2) is 18.2 Å². The summed E-state index contributed by atoms with van der Waals surface area (Å²) in [5, 5.41) is 5.94. The van der Waals surface area contributed by atoms with Crippen LogP contribution in [-0.4, -0.2) is 24.5 Å². The Bertz CT molecular complexity index is 445. The zero-order chi connectivity index (χ0) is 13.8. The fraction of sp³-hybridized carbons (Fsp3) is 0.500. The quantitative estimate of drug-likeness (QED) is 0.882. The molecule has 1 saturated heterocycles. The van der Waals surface area contributed by atoms with E-state index in [1.54, 1.807) is 0 Å². The lowest BCUT2D eigenvalue weighted by Gasteiger charge is -2.28. The third kappa shape index (κ3) is 3.50. The normalized spacial score (nSPS) is 23.1. The van der Waals surface area contributed by atoms with Crippen LogP contribution in [0.2, 0.25) is 0 Å². The fourth-order valence-electron chi connectivity index (χ4n) is 2.42. The van der Waals surface area contributed by atoms with Crippen LogP contribution in [0.3, 0.4) is 0 Å². The molecule has 2 atom stereocenters. The Hall–Kier alpha value is -1.49. The summed E-state index contributed by atoms with van der Waals surface area (Å²) in [6.07, 6.45) is 3.18. The van der Waals surface area contributed by atoms with Crippen LogP contribution in [0, 0.1) is 11.6 Å². The highest BCUT2D eigenvalue weighted by Crippen LogP contribution is 2.13. The van der Waals surface area contributed by atoms with E-state index in [1.165, 1.54) is 6.07 Å². The van der Waals surface area contributed by atoms with E-state index in [-0.39, 0.29) is 6.04 Å². The van der Waals surface area contributed by atoms with Crippen LogP contribution >= 0.6 is 0 Å². The van der Waals surface area contributed by atoms with Crippen molar-refractivity contribution in [2.75, 3.05) is 6.54 Å². The average molecular weight is 268 g/mol. The van der Waals surface area contributed by atoms with Gasteiger partial charge in [0.1, 0.15) is 17.2 Å². The molecule has 1 aromatic rings. The van der Waals surface area contributed by atoms with Crippen LogP contribution in [0.4, 0.5) is 8.78 Å². The molecule has 0 aromatic heterocycles. The first-order chi connectivity index (χ1) is 9.08. The van der Waals surface area contributed by atoms with E-state index in [0.29, 0.717) is 12.6 Å². The number of benzene rings is 1. The molecule has 2 N–H and O–H groups in total. The maximum absolute atomic E-state index is 13.4. The first kappa shape index (κ1) is 13.9. The Morgan fingerprint density at radius 1 is 1.37 bits per heavy atom. The van der Waals surface area contributed by atoms with Gasteiger partial charge in [-0.1, -0.05) is 12.5 Å². The molecule has 1 amide bonds. The van der Waals surface area contributed by atoms with E-state index in [9.17, 15) is 13.6 Å². The summed E-state index contributed by atoms with van der Waals surface area (Å²) < 4.78 is 26.8. The lowest BCUT2D eigenvalue weighted by molar-refractivity contribution is 0.0938. The van der Waals surface area contributed by atoms with Crippen LogP contribution in [0.1, 0.15) is 36.5 Å². The van der Waals surface area contributed by atoms with Gasteiger partial charge in [-0.25, -0.2) is 8.78 Å².